The van der Waals surface area contributed by atoms with Crippen LogP contribution in [0.3, 0.4) is 0 Å². The molecule has 4 heteroatoms. The van der Waals surface area contributed by atoms with Gasteiger partial charge in [0.15, 0.2) is 11.6 Å². The molecule has 0 aromatic heterocycles. The van der Waals surface area contributed by atoms with Crippen molar-refractivity contribution < 1.29 is 13.5 Å². The van der Waals surface area contributed by atoms with Crippen LogP contribution in [-0.4, -0.2) is 12.2 Å². The van der Waals surface area contributed by atoms with E-state index >= 15 is 0 Å². The van der Waals surface area contributed by atoms with Crippen LogP contribution in [0.15, 0.2) is 18.2 Å². The SMILES string of the molecule is CCOC1(C(N)c2ccc(F)c(F)c2)CCC(C)(C)CC1. The highest BCUT2D eigenvalue weighted by atomic mass is 19.2. The third kappa shape index (κ3) is 3.43. The number of rotatable bonds is 4. The predicted octanol–water partition coefficient (Wildman–Crippen LogP) is 4.34. The van der Waals surface area contributed by atoms with E-state index in [-0.39, 0.29) is 5.41 Å². The van der Waals surface area contributed by atoms with E-state index in [4.69, 9.17) is 10.5 Å². The number of nitrogens with two attached hydrogens (primary N) is 1. The molecule has 2 N–H and O–H groups in total. The van der Waals surface area contributed by atoms with Crippen molar-refractivity contribution >= 4 is 0 Å². The summed E-state index contributed by atoms with van der Waals surface area (Å²) in [6.45, 7) is 7.00. The summed E-state index contributed by atoms with van der Waals surface area (Å²) in [5.41, 5.74) is 6.79. The molecule has 1 aromatic carbocycles. The Kier molecular flexibility index (Phi) is 4.69. The number of hydrogen-bond acceptors (Lipinski definition) is 2. The maximum absolute atomic E-state index is 13.5. The van der Waals surface area contributed by atoms with Crippen molar-refractivity contribution in [2.45, 2.75) is 58.1 Å². The number of benzene rings is 1. The molecule has 1 aliphatic rings. The van der Waals surface area contributed by atoms with Crippen LogP contribution in [0.1, 0.15) is 58.1 Å². The summed E-state index contributed by atoms with van der Waals surface area (Å²) in [7, 11) is 0. The second-order valence-electron chi connectivity index (χ2n) is 6.81. The van der Waals surface area contributed by atoms with Gasteiger partial charge in [0.1, 0.15) is 0 Å². The Labute approximate surface area is 125 Å². The van der Waals surface area contributed by atoms with Gasteiger partial charge in [-0.1, -0.05) is 19.9 Å². The van der Waals surface area contributed by atoms with E-state index in [1.807, 2.05) is 6.92 Å². The molecule has 0 bridgehead atoms. The minimum absolute atomic E-state index is 0.286. The van der Waals surface area contributed by atoms with E-state index in [0.29, 0.717) is 12.2 Å². The maximum atomic E-state index is 13.5. The van der Waals surface area contributed by atoms with Crippen LogP contribution in [0.2, 0.25) is 0 Å². The lowest BCUT2D eigenvalue weighted by Gasteiger charge is -2.46. The van der Waals surface area contributed by atoms with Crippen LogP contribution in [0.5, 0.6) is 0 Å². The first kappa shape index (κ1) is 16.4. The molecular formula is C17H25F2NO. The standard InChI is InChI=1S/C17H25F2NO/c1-4-21-17(9-7-16(2,3)8-10-17)15(20)12-5-6-13(18)14(19)11-12/h5-6,11,15H,4,7-10,20H2,1-3H3. The van der Waals surface area contributed by atoms with Gasteiger partial charge in [-0.15, -0.1) is 0 Å². The van der Waals surface area contributed by atoms with Crippen LogP contribution in [0, 0.1) is 17.0 Å². The van der Waals surface area contributed by atoms with Crippen molar-refractivity contribution in [3.8, 4) is 0 Å². The molecule has 0 spiro atoms. The molecular weight excluding hydrogens is 272 g/mol. The van der Waals surface area contributed by atoms with Gasteiger partial charge in [-0.3, -0.25) is 0 Å². The van der Waals surface area contributed by atoms with Crippen molar-refractivity contribution in [1.29, 1.82) is 0 Å². The van der Waals surface area contributed by atoms with E-state index in [1.54, 1.807) is 6.07 Å². The van der Waals surface area contributed by atoms with Crippen molar-refractivity contribution in [3.63, 3.8) is 0 Å². The van der Waals surface area contributed by atoms with E-state index < -0.39 is 23.3 Å². The van der Waals surface area contributed by atoms with Crippen LogP contribution >= 0.6 is 0 Å². The van der Waals surface area contributed by atoms with Crippen molar-refractivity contribution in [3.05, 3.63) is 35.4 Å². The smallest absolute Gasteiger partial charge is 0.159 e. The molecule has 1 atom stereocenters. The first-order chi connectivity index (χ1) is 9.80. The molecule has 1 aromatic rings. The zero-order valence-corrected chi connectivity index (χ0v) is 13.1. The van der Waals surface area contributed by atoms with E-state index in [9.17, 15) is 8.78 Å². The molecule has 1 saturated carbocycles. The summed E-state index contributed by atoms with van der Waals surface area (Å²) in [5.74, 6) is -1.70. The molecule has 1 fully saturated rings. The van der Waals surface area contributed by atoms with E-state index in [1.165, 1.54) is 6.07 Å². The molecule has 2 nitrogen and oxygen atoms in total. The zero-order valence-electron chi connectivity index (χ0n) is 13.1. The summed E-state index contributed by atoms with van der Waals surface area (Å²) in [5, 5.41) is 0. The summed E-state index contributed by atoms with van der Waals surface area (Å²) >= 11 is 0. The lowest BCUT2D eigenvalue weighted by molar-refractivity contribution is -0.100. The maximum Gasteiger partial charge on any atom is 0.159 e. The lowest BCUT2D eigenvalue weighted by Crippen LogP contribution is -2.48. The first-order valence-electron chi connectivity index (χ1n) is 7.64. The summed E-state index contributed by atoms with van der Waals surface area (Å²) in [4.78, 5) is 0. The fourth-order valence-corrected chi connectivity index (χ4v) is 3.19. The number of ether oxygens (including phenoxy) is 1. The Morgan fingerprint density at radius 3 is 2.29 bits per heavy atom. The average Bonchev–Trinajstić information content (AvgIpc) is 2.44. The Bertz CT molecular complexity index is 492. The minimum Gasteiger partial charge on any atom is -0.373 e. The average molecular weight is 297 g/mol. The van der Waals surface area contributed by atoms with Gasteiger partial charge in [-0.25, -0.2) is 8.78 Å². The molecule has 1 aliphatic carbocycles. The van der Waals surface area contributed by atoms with Gasteiger partial charge in [0.05, 0.1) is 11.6 Å². The zero-order chi connectivity index (χ0) is 15.7. The molecule has 0 aliphatic heterocycles. The van der Waals surface area contributed by atoms with Crippen molar-refractivity contribution in [2.75, 3.05) is 6.61 Å². The van der Waals surface area contributed by atoms with Crippen molar-refractivity contribution in [2.24, 2.45) is 11.1 Å². The topological polar surface area (TPSA) is 35.2 Å². The summed E-state index contributed by atoms with van der Waals surface area (Å²) in [6.07, 6.45) is 3.72. The Balaban J connectivity index is 2.27. The Hall–Kier alpha value is -1.00. The molecule has 0 radical (unpaired) electrons. The van der Waals surface area contributed by atoms with Gasteiger partial charge in [0.25, 0.3) is 0 Å². The highest BCUT2D eigenvalue weighted by Gasteiger charge is 2.44. The van der Waals surface area contributed by atoms with E-state index in [0.717, 1.165) is 31.7 Å². The van der Waals surface area contributed by atoms with Gasteiger partial charge in [-0.05, 0) is 55.7 Å². The largest absolute Gasteiger partial charge is 0.373 e. The molecule has 0 heterocycles. The first-order valence-corrected chi connectivity index (χ1v) is 7.64. The molecule has 0 amide bonds. The lowest BCUT2D eigenvalue weighted by atomic mass is 9.67. The van der Waals surface area contributed by atoms with Gasteiger partial charge in [0, 0.05) is 6.61 Å². The summed E-state index contributed by atoms with van der Waals surface area (Å²) < 4.78 is 32.6. The third-order valence-corrected chi connectivity index (χ3v) is 4.75. The van der Waals surface area contributed by atoms with Crippen LogP contribution < -0.4 is 5.73 Å². The number of halogens is 2. The van der Waals surface area contributed by atoms with Crippen molar-refractivity contribution in [1.82, 2.24) is 0 Å². The van der Waals surface area contributed by atoms with Gasteiger partial charge >= 0.3 is 0 Å². The fourth-order valence-electron chi connectivity index (χ4n) is 3.19. The van der Waals surface area contributed by atoms with Crippen LogP contribution in [0.4, 0.5) is 8.78 Å². The van der Waals surface area contributed by atoms with Crippen LogP contribution in [-0.2, 0) is 4.74 Å². The highest BCUT2D eigenvalue weighted by molar-refractivity contribution is 5.24. The number of hydrogen-bond donors (Lipinski definition) is 1. The molecule has 1 unspecified atom stereocenters. The van der Waals surface area contributed by atoms with E-state index in [2.05, 4.69) is 13.8 Å². The molecule has 2 rings (SSSR count). The molecule has 21 heavy (non-hydrogen) atoms. The third-order valence-electron chi connectivity index (χ3n) is 4.75. The summed E-state index contributed by atoms with van der Waals surface area (Å²) in [6, 6.07) is 3.45. The second-order valence-corrected chi connectivity index (χ2v) is 6.81. The minimum atomic E-state index is -0.856. The van der Waals surface area contributed by atoms with Crippen LogP contribution in [0.25, 0.3) is 0 Å². The monoisotopic (exact) mass is 297 g/mol. The van der Waals surface area contributed by atoms with Gasteiger partial charge < -0.3 is 10.5 Å². The van der Waals surface area contributed by atoms with Gasteiger partial charge in [-0.2, -0.15) is 0 Å². The second kappa shape index (κ2) is 6.01. The highest BCUT2D eigenvalue weighted by Crippen LogP contribution is 2.46. The Morgan fingerprint density at radius 2 is 1.76 bits per heavy atom. The quantitative estimate of drug-likeness (QED) is 0.897. The normalized spacial score (nSPS) is 22.0. The van der Waals surface area contributed by atoms with Gasteiger partial charge in [0.2, 0.25) is 0 Å². The fraction of sp³-hybridized carbons (Fsp3) is 0.647. The molecule has 118 valence electrons. The predicted molar refractivity (Wildman–Crippen MR) is 79.9 cm³/mol. The Morgan fingerprint density at radius 1 is 1.14 bits per heavy atom. The molecule has 0 saturated heterocycles.